The van der Waals surface area contributed by atoms with Crippen LogP contribution in [0, 0.1) is 0 Å². The lowest BCUT2D eigenvalue weighted by Gasteiger charge is -2.02. The maximum absolute atomic E-state index is 10.6. The maximum atomic E-state index is 10.6. The summed E-state index contributed by atoms with van der Waals surface area (Å²) in [6, 6.07) is 7.55. The van der Waals surface area contributed by atoms with Gasteiger partial charge in [0.1, 0.15) is 0 Å². The Labute approximate surface area is 94.9 Å². The van der Waals surface area contributed by atoms with Crippen LogP contribution in [0.25, 0.3) is 10.9 Å². The van der Waals surface area contributed by atoms with Crippen LogP contribution in [0.4, 0.5) is 0 Å². The van der Waals surface area contributed by atoms with Gasteiger partial charge in [0.25, 0.3) is 0 Å². The molecule has 1 N–H and O–H groups in total. The van der Waals surface area contributed by atoms with Gasteiger partial charge in [-0.15, -0.1) is 0 Å². The van der Waals surface area contributed by atoms with E-state index in [1.54, 1.807) is 6.20 Å². The zero-order chi connectivity index (χ0) is 10.8. The van der Waals surface area contributed by atoms with Crippen LogP contribution >= 0.6 is 15.9 Å². The van der Waals surface area contributed by atoms with Crippen molar-refractivity contribution in [2.45, 2.75) is 6.42 Å². The molecule has 2 aromatic rings. The highest BCUT2D eigenvalue weighted by Crippen LogP contribution is 2.23. The van der Waals surface area contributed by atoms with E-state index in [2.05, 4.69) is 20.9 Å². The number of fused-ring (bicyclic) bond motifs is 1. The molecule has 1 heterocycles. The fraction of sp³-hybridized carbons (Fsp3) is 0.0909. The van der Waals surface area contributed by atoms with E-state index in [-0.39, 0.29) is 6.42 Å². The van der Waals surface area contributed by atoms with Crippen LogP contribution < -0.4 is 0 Å². The molecule has 0 saturated carbocycles. The second-order valence-electron chi connectivity index (χ2n) is 3.22. The fourth-order valence-electron chi connectivity index (χ4n) is 1.43. The Balaban J connectivity index is 2.54. The maximum Gasteiger partial charge on any atom is 0.307 e. The highest BCUT2D eigenvalue weighted by atomic mass is 79.9. The Morgan fingerprint density at radius 2 is 2.27 bits per heavy atom. The molecule has 1 aromatic carbocycles. The summed E-state index contributed by atoms with van der Waals surface area (Å²) in [7, 11) is 0. The van der Waals surface area contributed by atoms with E-state index in [1.807, 2.05) is 24.3 Å². The molecule has 0 aliphatic rings. The van der Waals surface area contributed by atoms with Crippen molar-refractivity contribution in [2.75, 3.05) is 0 Å². The van der Waals surface area contributed by atoms with Crippen LogP contribution in [-0.4, -0.2) is 16.1 Å². The largest absolute Gasteiger partial charge is 0.481 e. The van der Waals surface area contributed by atoms with Gasteiger partial charge in [-0.25, -0.2) is 0 Å². The highest BCUT2D eigenvalue weighted by Gasteiger charge is 2.04. The molecule has 0 aliphatic heterocycles. The second-order valence-corrected chi connectivity index (χ2v) is 4.07. The van der Waals surface area contributed by atoms with Gasteiger partial charge in [0.05, 0.1) is 11.9 Å². The van der Waals surface area contributed by atoms with Gasteiger partial charge in [0.15, 0.2) is 0 Å². The fourth-order valence-corrected chi connectivity index (χ4v) is 1.90. The lowest BCUT2D eigenvalue weighted by molar-refractivity contribution is -0.136. The topological polar surface area (TPSA) is 50.2 Å². The molecule has 0 fully saturated rings. The van der Waals surface area contributed by atoms with Crippen LogP contribution in [0.15, 0.2) is 34.9 Å². The zero-order valence-corrected chi connectivity index (χ0v) is 9.36. The Bertz CT molecular complexity index is 525. The number of hydrogen-bond acceptors (Lipinski definition) is 2. The number of carbonyl (C=O) groups is 1. The average molecular weight is 266 g/mol. The third-order valence-corrected chi connectivity index (χ3v) is 2.78. The third-order valence-electron chi connectivity index (χ3n) is 2.08. The van der Waals surface area contributed by atoms with Gasteiger partial charge in [-0.2, -0.15) is 0 Å². The molecule has 15 heavy (non-hydrogen) atoms. The van der Waals surface area contributed by atoms with Crippen molar-refractivity contribution in [1.29, 1.82) is 0 Å². The SMILES string of the molecule is O=C(O)Cc1cnc2cccc(Br)c2c1. The number of carboxylic acid groups (broad SMARTS) is 1. The summed E-state index contributed by atoms with van der Waals surface area (Å²) >= 11 is 3.41. The number of aliphatic carboxylic acids is 1. The number of hydrogen-bond donors (Lipinski definition) is 1. The lowest BCUT2D eigenvalue weighted by atomic mass is 10.1. The normalized spacial score (nSPS) is 10.5. The van der Waals surface area contributed by atoms with E-state index in [0.717, 1.165) is 15.4 Å². The van der Waals surface area contributed by atoms with E-state index in [1.165, 1.54) is 0 Å². The Morgan fingerprint density at radius 1 is 1.47 bits per heavy atom. The van der Waals surface area contributed by atoms with Crippen LogP contribution in [-0.2, 0) is 11.2 Å². The molecule has 0 unspecified atom stereocenters. The molecule has 0 saturated heterocycles. The number of nitrogens with zero attached hydrogens (tertiary/aromatic N) is 1. The predicted octanol–water partition coefficient (Wildman–Crippen LogP) is 2.62. The summed E-state index contributed by atoms with van der Waals surface area (Å²) in [5.74, 6) is -0.844. The number of halogens is 1. The van der Waals surface area contributed by atoms with Crippen LogP contribution in [0.2, 0.25) is 0 Å². The number of rotatable bonds is 2. The van der Waals surface area contributed by atoms with Crippen LogP contribution in [0.3, 0.4) is 0 Å². The molecule has 0 radical (unpaired) electrons. The van der Waals surface area contributed by atoms with Gasteiger partial charge in [-0.1, -0.05) is 22.0 Å². The van der Waals surface area contributed by atoms with Crippen molar-refractivity contribution in [2.24, 2.45) is 0 Å². The predicted molar refractivity (Wildman–Crippen MR) is 60.8 cm³/mol. The first-order valence-electron chi connectivity index (χ1n) is 4.42. The van der Waals surface area contributed by atoms with Gasteiger partial charge in [-0.05, 0) is 23.8 Å². The molecule has 2 rings (SSSR count). The van der Waals surface area contributed by atoms with E-state index < -0.39 is 5.97 Å². The van der Waals surface area contributed by atoms with Gasteiger partial charge >= 0.3 is 5.97 Å². The minimum atomic E-state index is -0.844. The van der Waals surface area contributed by atoms with Gasteiger partial charge < -0.3 is 5.11 Å². The van der Waals surface area contributed by atoms with Crippen LogP contribution in [0.1, 0.15) is 5.56 Å². The number of aromatic nitrogens is 1. The van der Waals surface area contributed by atoms with Crippen molar-refractivity contribution in [3.8, 4) is 0 Å². The average Bonchev–Trinajstić information content (AvgIpc) is 2.18. The molecule has 4 heteroatoms. The van der Waals surface area contributed by atoms with E-state index in [0.29, 0.717) is 5.56 Å². The zero-order valence-electron chi connectivity index (χ0n) is 7.77. The standard InChI is InChI=1S/C11H8BrNO2/c12-9-2-1-3-10-8(9)4-7(6-13-10)5-11(14)15/h1-4,6H,5H2,(H,14,15). The first-order chi connectivity index (χ1) is 7.16. The Morgan fingerprint density at radius 3 is 3.00 bits per heavy atom. The monoisotopic (exact) mass is 265 g/mol. The summed E-state index contributed by atoms with van der Waals surface area (Å²) in [5.41, 5.74) is 1.57. The van der Waals surface area contributed by atoms with Crippen molar-refractivity contribution in [3.63, 3.8) is 0 Å². The summed E-state index contributed by atoms with van der Waals surface area (Å²) in [6.07, 6.45) is 1.60. The quantitative estimate of drug-likeness (QED) is 0.908. The minimum Gasteiger partial charge on any atom is -0.481 e. The molecule has 0 amide bonds. The summed E-state index contributed by atoms with van der Waals surface area (Å²) in [5, 5.41) is 9.61. The van der Waals surface area contributed by atoms with Crippen molar-refractivity contribution >= 4 is 32.8 Å². The van der Waals surface area contributed by atoms with Crippen molar-refractivity contribution in [3.05, 3.63) is 40.5 Å². The molecule has 0 bridgehead atoms. The van der Waals surface area contributed by atoms with Crippen LogP contribution in [0.5, 0.6) is 0 Å². The molecular weight excluding hydrogens is 258 g/mol. The Hall–Kier alpha value is -1.42. The van der Waals surface area contributed by atoms with Crippen molar-refractivity contribution < 1.29 is 9.90 Å². The molecule has 0 atom stereocenters. The third kappa shape index (κ3) is 2.15. The number of carboxylic acids is 1. The first-order valence-corrected chi connectivity index (χ1v) is 5.21. The van der Waals surface area contributed by atoms with E-state index in [4.69, 9.17) is 5.11 Å². The highest BCUT2D eigenvalue weighted by molar-refractivity contribution is 9.10. The van der Waals surface area contributed by atoms with E-state index >= 15 is 0 Å². The molecule has 76 valence electrons. The first kappa shape index (κ1) is 10.1. The Kier molecular flexibility index (Phi) is 2.68. The van der Waals surface area contributed by atoms with Gasteiger partial charge in [0.2, 0.25) is 0 Å². The summed E-state index contributed by atoms with van der Waals surface area (Å²) in [4.78, 5) is 14.8. The second kappa shape index (κ2) is 3.98. The lowest BCUT2D eigenvalue weighted by Crippen LogP contribution is -2.00. The summed E-state index contributed by atoms with van der Waals surface area (Å²) in [6.45, 7) is 0. The minimum absolute atomic E-state index is 0.00424. The number of pyridine rings is 1. The molecule has 1 aromatic heterocycles. The number of benzene rings is 1. The summed E-state index contributed by atoms with van der Waals surface area (Å²) < 4.78 is 0.930. The molecule has 0 spiro atoms. The van der Waals surface area contributed by atoms with Gasteiger partial charge in [-0.3, -0.25) is 9.78 Å². The molecular formula is C11H8BrNO2. The van der Waals surface area contributed by atoms with Gasteiger partial charge in [0, 0.05) is 16.1 Å². The van der Waals surface area contributed by atoms with E-state index in [9.17, 15) is 4.79 Å². The van der Waals surface area contributed by atoms with Crippen molar-refractivity contribution in [1.82, 2.24) is 4.98 Å². The molecule has 3 nitrogen and oxygen atoms in total. The smallest absolute Gasteiger partial charge is 0.307 e. The molecule has 0 aliphatic carbocycles.